The first-order chi connectivity index (χ1) is 12.7. The monoisotopic (exact) mass is 385 g/mol. The summed E-state index contributed by atoms with van der Waals surface area (Å²) in [6, 6.07) is 15.6. The molecule has 142 valence electrons. The van der Waals surface area contributed by atoms with Crippen LogP contribution in [0.15, 0.2) is 48.5 Å². The molecule has 0 saturated carbocycles. The zero-order chi connectivity index (χ0) is 19.6. The second-order valence-electron chi connectivity index (χ2n) is 6.65. The summed E-state index contributed by atoms with van der Waals surface area (Å²) in [5.41, 5.74) is 3.99. The summed E-state index contributed by atoms with van der Waals surface area (Å²) in [6.07, 6.45) is 1.11. The van der Waals surface area contributed by atoms with E-state index in [4.69, 9.17) is 0 Å². The highest BCUT2D eigenvalue weighted by atomic mass is 32.2. The van der Waals surface area contributed by atoms with Crippen molar-refractivity contribution in [2.24, 2.45) is 0 Å². The van der Waals surface area contributed by atoms with Gasteiger partial charge in [-0.2, -0.15) is 4.98 Å². The molecule has 1 N–H and O–H groups in total. The van der Waals surface area contributed by atoms with E-state index in [0.717, 1.165) is 32.7 Å². The fraction of sp³-hybridized carbons (Fsp3) is 0.263. The average molecular weight is 385 g/mol. The first kappa shape index (κ1) is 18.9. The van der Waals surface area contributed by atoms with E-state index in [1.54, 1.807) is 0 Å². The van der Waals surface area contributed by atoms with Crippen LogP contribution in [-0.2, 0) is 16.6 Å². The molecule has 3 aromatic rings. The van der Waals surface area contributed by atoms with E-state index < -0.39 is 10.0 Å². The molecule has 0 aliphatic heterocycles. The van der Waals surface area contributed by atoms with Gasteiger partial charge in [-0.3, -0.25) is 0 Å². The first-order valence-corrected chi connectivity index (χ1v) is 10.3. The lowest BCUT2D eigenvalue weighted by Crippen LogP contribution is -2.16. The first-order valence-electron chi connectivity index (χ1n) is 8.49. The summed E-state index contributed by atoms with van der Waals surface area (Å²) in [4.78, 5) is 6.41. The molecule has 0 fully saturated rings. The normalized spacial score (nSPS) is 11.4. The minimum absolute atomic E-state index is 0.199. The Morgan fingerprint density at radius 2 is 1.67 bits per heavy atom. The lowest BCUT2D eigenvalue weighted by atomic mass is 10.1. The summed E-state index contributed by atoms with van der Waals surface area (Å²) in [7, 11) is 0.384. The van der Waals surface area contributed by atoms with Crippen molar-refractivity contribution >= 4 is 21.7 Å². The summed E-state index contributed by atoms with van der Waals surface area (Å²) < 4.78 is 25.1. The van der Waals surface area contributed by atoms with E-state index in [9.17, 15) is 8.42 Å². The average Bonchev–Trinajstić information content (AvgIpc) is 3.05. The number of aromatic nitrogens is 3. The van der Waals surface area contributed by atoms with Crippen LogP contribution in [0, 0.1) is 6.92 Å². The summed E-state index contributed by atoms with van der Waals surface area (Å²) >= 11 is 0. The quantitative estimate of drug-likeness (QED) is 0.703. The van der Waals surface area contributed by atoms with Crippen LogP contribution in [0.25, 0.3) is 11.4 Å². The molecule has 0 spiro atoms. The van der Waals surface area contributed by atoms with Crippen molar-refractivity contribution in [3.05, 3.63) is 59.7 Å². The molecule has 0 aliphatic rings. The van der Waals surface area contributed by atoms with Crippen molar-refractivity contribution in [1.29, 1.82) is 0 Å². The maximum absolute atomic E-state index is 12.1. The van der Waals surface area contributed by atoms with Crippen LogP contribution < -0.4 is 10.2 Å². The fourth-order valence-electron chi connectivity index (χ4n) is 2.56. The lowest BCUT2D eigenvalue weighted by molar-refractivity contribution is 0.587. The third kappa shape index (κ3) is 4.46. The molecule has 1 heterocycles. The summed E-state index contributed by atoms with van der Waals surface area (Å²) in [5, 5.41) is 7.26. The van der Waals surface area contributed by atoms with Gasteiger partial charge < -0.3 is 10.2 Å². The van der Waals surface area contributed by atoms with Gasteiger partial charge in [0.1, 0.15) is 0 Å². The Hall–Kier alpha value is -2.87. The van der Waals surface area contributed by atoms with Gasteiger partial charge in [0.2, 0.25) is 5.95 Å². The Labute approximate surface area is 159 Å². The van der Waals surface area contributed by atoms with Crippen molar-refractivity contribution in [2.75, 3.05) is 30.6 Å². The van der Waals surface area contributed by atoms with Crippen molar-refractivity contribution in [1.82, 2.24) is 14.2 Å². The fourth-order valence-corrected chi connectivity index (χ4v) is 3.20. The predicted octanol–water partition coefficient (Wildman–Crippen LogP) is 2.74. The number of anilines is 2. The maximum Gasteiger partial charge on any atom is 0.254 e. The van der Waals surface area contributed by atoms with E-state index in [1.165, 1.54) is 0 Å². The highest BCUT2D eigenvalue weighted by Gasteiger charge is 2.18. The summed E-state index contributed by atoms with van der Waals surface area (Å²) in [5.74, 6) is 0.565. The predicted molar refractivity (Wildman–Crippen MR) is 109 cm³/mol. The van der Waals surface area contributed by atoms with Crippen LogP contribution in [0.5, 0.6) is 0 Å². The van der Waals surface area contributed by atoms with Crippen molar-refractivity contribution in [2.45, 2.75) is 13.5 Å². The molecule has 8 heteroatoms. The van der Waals surface area contributed by atoms with E-state index in [0.29, 0.717) is 12.4 Å². The van der Waals surface area contributed by atoms with Crippen LogP contribution in [0.2, 0.25) is 0 Å². The number of hydrogen-bond donors (Lipinski definition) is 1. The molecule has 1 aromatic heterocycles. The van der Waals surface area contributed by atoms with Crippen molar-refractivity contribution < 1.29 is 8.42 Å². The molecule has 0 atom stereocenters. The molecule has 3 rings (SSSR count). The minimum Gasteiger partial charge on any atom is -0.378 e. The van der Waals surface area contributed by atoms with E-state index in [-0.39, 0.29) is 5.95 Å². The third-order valence-corrected chi connectivity index (χ3v) is 4.99. The number of benzene rings is 2. The maximum atomic E-state index is 12.1. The Kier molecular flexibility index (Phi) is 5.18. The Bertz CT molecular complexity index is 1020. The largest absolute Gasteiger partial charge is 0.378 e. The van der Waals surface area contributed by atoms with Gasteiger partial charge in [0.25, 0.3) is 10.0 Å². The molecular formula is C19H23N5O2S. The lowest BCUT2D eigenvalue weighted by Gasteiger charge is -2.13. The van der Waals surface area contributed by atoms with Gasteiger partial charge in [-0.15, -0.1) is 9.19 Å². The van der Waals surface area contributed by atoms with Gasteiger partial charge in [0.15, 0.2) is 5.82 Å². The Morgan fingerprint density at radius 1 is 1.04 bits per heavy atom. The SMILES string of the molecule is Cc1ccc(-c2nc(NCc3ccc(N(C)C)cc3)n(S(C)(=O)=O)n2)cc1. The highest BCUT2D eigenvalue weighted by Crippen LogP contribution is 2.20. The van der Waals surface area contributed by atoms with Gasteiger partial charge in [0.05, 0.1) is 6.26 Å². The third-order valence-electron chi connectivity index (χ3n) is 4.11. The Balaban J connectivity index is 1.86. The number of hydrogen-bond acceptors (Lipinski definition) is 6. The van der Waals surface area contributed by atoms with E-state index in [2.05, 4.69) is 15.4 Å². The number of rotatable bonds is 6. The molecule has 2 aromatic carbocycles. The molecule has 0 radical (unpaired) electrons. The van der Waals surface area contributed by atoms with Crippen LogP contribution in [0.3, 0.4) is 0 Å². The van der Waals surface area contributed by atoms with Crippen LogP contribution in [-0.4, -0.2) is 42.9 Å². The molecule has 0 bridgehead atoms. The molecule has 0 amide bonds. The van der Waals surface area contributed by atoms with Gasteiger partial charge in [-0.1, -0.05) is 42.0 Å². The van der Waals surface area contributed by atoms with Gasteiger partial charge in [-0.05, 0) is 24.6 Å². The Morgan fingerprint density at radius 3 is 2.22 bits per heavy atom. The van der Waals surface area contributed by atoms with E-state index in [1.807, 2.05) is 74.4 Å². The van der Waals surface area contributed by atoms with Gasteiger partial charge in [-0.25, -0.2) is 8.42 Å². The number of aryl methyl sites for hydroxylation is 1. The molecule has 0 aliphatic carbocycles. The molecule has 0 saturated heterocycles. The van der Waals surface area contributed by atoms with Crippen LogP contribution in [0.1, 0.15) is 11.1 Å². The number of nitrogens with zero attached hydrogens (tertiary/aromatic N) is 4. The smallest absolute Gasteiger partial charge is 0.254 e. The molecule has 0 unspecified atom stereocenters. The molecular weight excluding hydrogens is 362 g/mol. The second kappa shape index (κ2) is 7.40. The van der Waals surface area contributed by atoms with Gasteiger partial charge in [0, 0.05) is 31.9 Å². The summed E-state index contributed by atoms with van der Waals surface area (Å²) in [6.45, 7) is 2.43. The molecule has 27 heavy (non-hydrogen) atoms. The second-order valence-corrected chi connectivity index (χ2v) is 8.46. The standard InChI is InChI=1S/C19H23N5O2S/c1-14-5-9-16(10-6-14)18-21-19(24(22-18)27(4,25)26)20-13-15-7-11-17(12-8-15)23(2)3/h5-12H,13H2,1-4H3,(H,20,21,22). The van der Waals surface area contributed by atoms with Crippen molar-refractivity contribution in [3.63, 3.8) is 0 Å². The zero-order valence-corrected chi connectivity index (χ0v) is 16.7. The minimum atomic E-state index is -3.58. The zero-order valence-electron chi connectivity index (χ0n) is 15.8. The molecule has 7 nitrogen and oxygen atoms in total. The van der Waals surface area contributed by atoms with Crippen LogP contribution in [0.4, 0.5) is 11.6 Å². The topological polar surface area (TPSA) is 80.1 Å². The van der Waals surface area contributed by atoms with Gasteiger partial charge >= 0.3 is 0 Å². The van der Waals surface area contributed by atoms with Crippen LogP contribution >= 0.6 is 0 Å². The number of nitrogens with one attached hydrogen (secondary N) is 1. The highest BCUT2D eigenvalue weighted by molar-refractivity contribution is 7.89. The van der Waals surface area contributed by atoms with Crippen molar-refractivity contribution in [3.8, 4) is 11.4 Å². The van der Waals surface area contributed by atoms with E-state index >= 15 is 0 Å².